The number of piperidine rings is 1. The van der Waals surface area contributed by atoms with Crippen LogP contribution in [0, 0.1) is 0 Å². The maximum absolute atomic E-state index is 12.7. The molecule has 2 heterocycles. The fourth-order valence-corrected chi connectivity index (χ4v) is 4.29. The predicted molar refractivity (Wildman–Crippen MR) is 117 cm³/mol. The van der Waals surface area contributed by atoms with Crippen molar-refractivity contribution < 1.29 is 9.59 Å². The van der Waals surface area contributed by atoms with Gasteiger partial charge in [-0.2, -0.15) is 0 Å². The minimum Gasteiger partial charge on any atom is -0.357 e. The minimum absolute atomic E-state index is 0.0206. The van der Waals surface area contributed by atoms with E-state index in [9.17, 15) is 9.59 Å². The number of aromatic nitrogens is 1. The second-order valence-electron chi connectivity index (χ2n) is 7.89. The van der Waals surface area contributed by atoms with Gasteiger partial charge in [0.15, 0.2) is 5.78 Å². The van der Waals surface area contributed by atoms with Crippen LogP contribution < -0.4 is 10.2 Å². The fraction of sp³-hybridized carbons (Fsp3) is 0.240. The highest BCUT2D eigenvalue weighted by atomic mass is 16.1. The molecule has 5 nitrogen and oxygen atoms in total. The summed E-state index contributed by atoms with van der Waals surface area (Å²) >= 11 is 0. The zero-order chi connectivity index (χ0) is 20.5. The molecule has 0 atom stereocenters. The van der Waals surface area contributed by atoms with Crippen molar-refractivity contribution in [3.63, 3.8) is 0 Å². The van der Waals surface area contributed by atoms with E-state index in [1.54, 1.807) is 12.1 Å². The van der Waals surface area contributed by atoms with E-state index in [4.69, 9.17) is 0 Å². The van der Waals surface area contributed by atoms with Gasteiger partial charge < -0.3 is 10.2 Å². The van der Waals surface area contributed by atoms with Gasteiger partial charge in [0.05, 0.1) is 0 Å². The molecule has 1 aliphatic carbocycles. The molecular formula is C25H23N3O2. The average molecular weight is 397 g/mol. The molecule has 0 radical (unpaired) electrons. The lowest BCUT2D eigenvalue weighted by molar-refractivity contribution is 0.0951. The summed E-state index contributed by atoms with van der Waals surface area (Å²) in [5, 5.41) is 2.94. The molecule has 5 heteroatoms. The second-order valence-corrected chi connectivity index (χ2v) is 7.89. The molecule has 1 N–H and O–H groups in total. The number of benzene rings is 2. The first kappa shape index (κ1) is 18.6. The first-order chi connectivity index (χ1) is 14.7. The highest BCUT2D eigenvalue weighted by Crippen LogP contribution is 2.36. The number of carbonyl (C=O) groups is 2. The van der Waals surface area contributed by atoms with Crippen LogP contribution in [0.1, 0.15) is 51.1 Å². The van der Waals surface area contributed by atoms with Crippen LogP contribution in [0.3, 0.4) is 0 Å². The van der Waals surface area contributed by atoms with Crippen LogP contribution in [-0.4, -0.2) is 29.8 Å². The normalized spacial score (nSPS) is 14.9. The summed E-state index contributed by atoms with van der Waals surface area (Å²) in [5.74, 6) is 0.788. The summed E-state index contributed by atoms with van der Waals surface area (Å²) in [6, 6.07) is 16.9. The van der Waals surface area contributed by atoms with Gasteiger partial charge in [-0.15, -0.1) is 0 Å². The fourth-order valence-electron chi connectivity index (χ4n) is 4.29. The molecule has 2 aliphatic rings. The monoisotopic (exact) mass is 397 g/mol. The summed E-state index contributed by atoms with van der Waals surface area (Å²) in [4.78, 5) is 32.2. The Hall–Kier alpha value is -3.47. The van der Waals surface area contributed by atoms with Crippen molar-refractivity contribution in [2.75, 3.05) is 18.0 Å². The topological polar surface area (TPSA) is 62.3 Å². The number of fused-ring (bicyclic) bond motifs is 3. The van der Waals surface area contributed by atoms with Gasteiger partial charge in [-0.25, -0.2) is 4.98 Å². The Kier molecular flexibility index (Phi) is 4.79. The third kappa shape index (κ3) is 3.36. The molecule has 30 heavy (non-hydrogen) atoms. The molecule has 1 saturated heterocycles. The summed E-state index contributed by atoms with van der Waals surface area (Å²) in [5.41, 5.74) is 4.57. The van der Waals surface area contributed by atoms with Crippen LogP contribution in [-0.2, 0) is 6.54 Å². The van der Waals surface area contributed by atoms with Gasteiger partial charge in [0.1, 0.15) is 5.82 Å². The quantitative estimate of drug-likeness (QED) is 0.560. The average Bonchev–Trinajstić information content (AvgIpc) is 3.10. The molecule has 2 aromatic carbocycles. The second kappa shape index (κ2) is 7.75. The van der Waals surface area contributed by atoms with Gasteiger partial charge in [-0.05, 0) is 54.2 Å². The lowest BCUT2D eigenvalue weighted by Gasteiger charge is -2.27. The van der Waals surface area contributed by atoms with E-state index in [1.807, 2.05) is 48.7 Å². The van der Waals surface area contributed by atoms with Gasteiger partial charge in [0.25, 0.3) is 5.91 Å². The van der Waals surface area contributed by atoms with Crippen LogP contribution in [0.25, 0.3) is 11.1 Å². The van der Waals surface area contributed by atoms with Crippen molar-refractivity contribution in [1.82, 2.24) is 10.3 Å². The summed E-state index contributed by atoms with van der Waals surface area (Å²) in [6.45, 7) is 2.52. The van der Waals surface area contributed by atoms with Gasteiger partial charge in [-0.3, -0.25) is 9.59 Å². The van der Waals surface area contributed by atoms with Gasteiger partial charge in [0.2, 0.25) is 0 Å². The molecule has 1 aromatic heterocycles. The van der Waals surface area contributed by atoms with E-state index in [2.05, 4.69) is 15.2 Å². The van der Waals surface area contributed by atoms with Crippen LogP contribution in [0.2, 0.25) is 0 Å². The van der Waals surface area contributed by atoms with E-state index >= 15 is 0 Å². The van der Waals surface area contributed by atoms with Crippen molar-refractivity contribution in [3.05, 3.63) is 83.0 Å². The van der Waals surface area contributed by atoms with Crippen molar-refractivity contribution in [1.29, 1.82) is 0 Å². The lowest BCUT2D eigenvalue weighted by atomic mass is 10.0. The molecule has 1 fully saturated rings. The Morgan fingerprint density at radius 3 is 2.43 bits per heavy atom. The maximum Gasteiger partial charge on any atom is 0.251 e. The molecule has 1 amide bonds. The third-order valence-corrected chi connectivity index (χ3v) is 5.93. The third-order valence-electron chi connectivity index (χ3n) is 5.93. The summed E-state index contributed by atoms with van der Waals surface area (Å²) in [7, 11) is 0. The van der Waals surface area contributed by atoms with Crippen LogP contribution >= 0.6 is 0 Å². The van der Waals surface area contributed by atoms with E-state index in [-0.39, 0.29) is 11.7 Å². The first-order valence-corrected chi connectivity index (χ1v) is 10.5. The number of carbonyl (C=O) groups excluding carboxylic acids is 2. The van der Waals surface area contributed by atoms with Crippen molar-refractivity contribution in [2.24, 2.45) is 0 Å². The molecular weight excluding hydrogens is 374 g/mol. The Morgan fingerprint density at radius 2 is 1.67 bits per heavy atom. The summed E-state index contributed by atoms with van der Waals surface area (Å²) < 4.78 is 0. The molecule has 0 bridgehead atoms. The highest BCUT2D eigenvalue weighted by Gasteiger charge is 2.27. The zero-order valence-corrected chi connectivity index (χ0v) is 16.7. The number of rotatable bonds is 4. The number of pyridine rings is 1. The first-order valence-electron chi connectivity index (χ1n) is 10.5. The van der Waals surface area contributed by atoms with Crippen molar-refractivity contribution in [2.45, 2.75) is 25.8 Å². The van der Waals surface area contributed by atoms with Crippen LogP contribution in [0.15, 0.2) is 60.8 Å². The number of anilines is 1. The van der Waals surface area contributed by atoms with Crippen LogP contribution in [0.5, 0.6) is 0 Å². The Labute approximate surface area is 175 Å². The minimum atomic E-state index is -0.193. The highest BCUT2D eigenvalue weighted by molar-refractivity contribution is 6.22. The Balaban J connectivity index is 1.26. The van der Waals surface area contributed by atoms with E-state index in [0.717, 1.165) is 35.6 Å². The van der Waals surface area contributed by atoms with Gasteiger partial charge in [0, 0.05) is 42.5 Å². The SMILES string of the molecule is O=C(NCc1ccc(N2CCCCC2)nc1)c1ccc2c(c1)C(=O)c1ccccc1-2. The number of hydrogen-bond acceptors (Lipinski definition) is 4. The molecule has 1 aliphatic heterocycles. The molecule has 0 unspecified atom stereocenters. The molecule has 5 rings (SSSR count). The number of nitrogens with one attached hydrogen (secondary N) is 1. The zero-order valence-electron chi connectivity index (χ0n) is 16.7. The lowest BCUT2D eigenvalue weighted by Crippen LogP contribution is -2.30. The summed E-state index contributed by atoms with van der Waals surface area (Å²) in [6.07, 6.45) is 5.55. The van der Waals surface area contributed by atoms with Crippen LogP contribution in [0.4, 0.5) is 5.82 Å². The standard InChI is InChI=1S/C25H23N3O2/c29-24-21-7-3-2-6-19(21)20-10-9-18(14-22(20)24)25(30)27-16-17-8-11-23(26-15-17)28-12-4-1-5-13-28/h2-3,6-11,14-15H,1,4-5,12-13,16H2,(H,27,30). The van der Waals surface area contributed by atoms with E-state index < -0.39 is 0 Å². The van der Waals surface area contributed by atoms with E-state index in [0.29, 0.717) is 23.2 Å². The molecule has 0 saturated carbocycles. The number of nitrogens with zero attached hydrogens (tertiary/aromatic N) is 2. The molecule has 150 valence electrons. The van der Waals surface area contributed by atoms with Gasteiger partial charge >= 0.3 is 0 Å². The Morgan fingerprint density at radius 1 is 0.900 bits per heavy atom. The van der Waals surface area contributed by atoms with Crippen molar-refractivity contribution in [3.8, 4) is 11.1 Å². The number of ketones is 1. The Bertz CT molecular complexity index is 1120. The van der Waals surface area contributed by atoms with Gasteiger partial charge in [-0.1, -0.05) is 36.4 Å². The number of amides is 1. The number of hydrogen-bond donors (Lipinski definition) is 1. The largest absolute Gasteiger partial charge is 0.357 e. The van der Waals surface area contributed by atoms with Crippen molar-refractivity contribution >= 4 is 17.5 Å². The maximum atomic E-state index is 12.7. The van der Waals surface area contributed by atoms with E-state index in [1.165, 1.54) is 19.3 Å². The predicted octanol–water partition coefficient (Wildman–Crippen LogP) is 4.21. The molecule has 3 aromatic rings. The molecule has 0 spiro atoms. The smallest absolute Gasteiger partial charge is 0.251 e.